The summed E-state index contributed by atoms with van der Waals surface area (Å²) >= 11 is 0. The molecule has 1 aromatic rings. The lowest BCUT2D eigenvalue weighted by atomic mass is 9.95. The Morgan fingerprint density at radius 1 is 1.14 bits per heavy atom. The second-order valence-corrected chi connectivity index (χ2v) is 9.56. The summed E-state index contributed by atoms with van der Waals surface area (Å²) in [5.41, 5.74) is 0.965. The van der Waals surface area contributed by atoms with Crippen LogP contribution in [0.15, 0.2) is 41.3 Å². The summed E-state index contributed by atoms with van der Waals surface area (Å²) in [6.45, 7) is 1.53. The zero-order valence-corrected chi connectivity index (χ0v) is 17.5. The Hall–Kier alpha value is -1.74. The number of hydrogen-bond acceptors (Lipinski definition) is 5. The average molecular weight is 423 g/mol. The molecule has 3 rings (SSSR count). The molecule has 1 aliphatic heterocycles. The molecule has 0 unspecified atom stereocenters. The second-order valence-electron chi connectivity index (χ2n) is 7.85. The van der Waals surface area contributed by atoms with E-state index in [1.165, 1.54) is 18.6 Å². The molecule has 1 aliphatic carbocycles. The lowest BCUT2D eigenvalue weighted by Crippen LogP contribution is -2.49. The first-order valence-corrected chi connectivity index (χ1v) is 11.7. The summed E-state index contributed by atoms with van der Waals surface area (Å²) in [7, 11) is -3.75. The van der Waals surface area contributed by atoms with Gasteiger partial charge in [-0.1, -0.05) is 49.1 Å². The van der Waals surface area contributed by atoms with Crippen molar-refractivity contribution in [2.24, 2.45) is 0 Å². The van der Waals surface area contributed by atoms with Crippen molar-refractivity contribution < 1.29 is 23.1 Å². The van der Waals surface area contributed by atoms with E-state index in [-0.39, 0.29) is 29.9 Å². The van der Waals surface area contributed by atoms with Crippen LogP contribution < -0.4 is 10.0 Å². The van der Waals surface area contributed by atoms with Gasteiger partial charge in [0, 0.05) is 6.04 Å². The molecule has 0 spiro atoms. The van der Waals surface area contributed by atoms with Crippen LogP contribution in [0.3, 0.4) is 0 Å². The van der Waals surface area contributed by atoms with Crippen molar-refractivity contribution in [1.82, 2.24) is 10.0 Å². The molecule has 7 nitrogen and oxygen atoms in total. The van der Waals surface area contributed by atoms with E-state index in [9.17, 15) is 18.3 Å². The van der Waals surface area contributed by atoms with Crippen molar-refractivity contribution in [3.05, 3.63) is 42.0 Å². The fourth-order valence-electron chi connectivity index (χ4n) is 3.79. The number of sulfonamides is 1. The van der Waals surface area contributed by atoms with Gasteiger partial charge in [0.25, 0.3) is 0 Å². The summed E-state index contributed by atoms with van der Waals surface area (Å²) in [5.74, 6) is -0.0816. The maximum atomic E-state index is 12.6. The third-order valence-corrected chi connectivity index (χ3v) is 6.92. The molecule has 29 heavy (non-hydrogen) atoms. The number of aliphatic hydroxyl groups is 1. The first-order valence-electron chi connectivity index (χ1n) is 10.2. The van der Waals surface area contributed by atoms with Crippen LogP contribution in [-0.2, 0) is 19.6 Å². The lowest BCUT2D eigenvalue weighted by Gasteiger charge is -2.32. The van der Waals surface area contributed by atoms with Crippen LogP contribution in [0, 0.1) is 6.92 Å². The summed E-state index contributed by atoms with van der Waals surface area (Å²) in [5, 5.41) is 12.7. The molecule has 0 saturated heterocycles. The van der Waals surface area contributed by atoms with Gasteiger partial charge >= 0.3 is 0 Å². The third-order valence-electron chi connectivity index (χ3n) is 5.44. The number of carbonyl (C=O) groups excluding carboxylic acids is 1. The van der Waals surface area contributed by atoms with Crippen LogP contribution in [0.2, 0.25) is 0 Å². The van der Waals surface area contributed by atoms with Gasteiger partial charge in [0.15, 0.2) is 0 Å². The Balaban J connectivity index is 1.59. The first kappa shape index (κ1) is 22.0. The van der Waals surface area contributed by atoms with E-state index in [2.05, 4.69) is 10.0 Å². The number of carbonyl (C=O) groups is 1. The Morgan fingerprint density at radius 3 is 2.48 bits per heavy atom. The number of benzene rings is 1. The number of ether oxygens (including phenoxy) is 1. The van der Waals surface area contributed by atoms with Crippen LogP contribution >= 0.6 is 0 Å². The van der Waals surface area contributed by atoms with Crippen molar-refractivity contribution in [3.8, 4) is 0 Å². The molecule has 160 valence electrons. The van der Waals surface area contributed by atoms with Crippen molar-refractivity contribution in [2.75, 3.05) is 6.61 Å². The molecule has 1 amide bonds. The van der Waals surface area contributed by atoms with Gasteiger partial charge in [0.1, 0.15) is 6.10 Å². The molecule has 0 bridgehead atoms. The van der Waals surface area contributed by atoms with Gasteiger partial charge in [-0.15, -0.1) is 0 Å². The number of aliphatic hydroxyl groups excluding tert-OH is 1. The fourth-order valence-corrected chi connectivity index (χ4v) is 5.01. The van der Waals surface area contributed by atoms with E-state index < -0.39 is 28.3 Å². The van der Waals surface area contributed by atoms with E-state index in [4.69, 9.17) is 4.74 Å². The molecule has 3 atom stereocenters. The minimum atomic E-state index is -3.75. The number of hydrogen-bond donors (Lipinski definition) is 3. The van der Waals surface area contributed by atoms with Gasteiger partial charge in [-0.2, -0.15) is 0 Å². The van der Waals surface area contributed by atoms with Gasteiger partial charge in [-0.3, -0.25) is 4.79 Å². The fraction of sp³-hybridized carbons (Fsp3) is 0.571. The average Bonchev–Trinajstić information content (AvgIpc) is 2.70. The minimum absolute atomic E-state index is 0.0816. The van der Waals surface area contributed by atoms with Crippen molar-refractivity contribution in [1.29, 1.82) is 0 Å². The van der Waals surface area contributed by atoms with E-state index in [0.717, 1.165) is 31.2 Å². The smallest absolute Gasteiger partial charge is 0.241 e. The number of rotatable bonds is 7. The highest BCUT2D eigenvalue weighted by atomic mass is 32.2. The summed E-state index contributed by atoms with van der Waals surface area (Å²) in [6.07, 6.45) is 7.78. The third kappa shape index (κ3) is 6.12. The zero-order chi connectivity index (χ0) is 20.9. The summed E-state index contributed by atoms with van der Waals surface area (Å²) < 4.78 is 33.6. The highest BCUT2D eigenvalue weighted by Crippen LogP contribution is 2.20. The molecule has 1 aromatic carbocycles. The molecular formula is C21H30N2O5S. The Labute approximate surface area is 172 Å². The van der Waals surface area contributed by atoms with Crippen LogP contribution in [0.4, 0.5) is 0 Å². The predicted octanol–water partition coefficient (Wildman–Crippen LogP) is 1.80. The molecule has 8 heteroatoms. The largest absolute Gasteiger partial charge is 0.394 e. The maximum Gasteiger partial charge on any atom is 0.241 e. The predicted molar refractivity (Wildman–Crippen MR) is 110 cm³/mol. The SMILES string of the molecule is Cc1ccc(S(=O)(=O)N[C@H]2C=C[C@@H](CC(=O)NC3CCCCC3)O[C@@H]2CO)cc1. The number of nitrogens with one attached hydrogen (secondary N) is 2. The second kappa shape index (κ2) is 9.84. The topological polar surface area (TPSA) is 105 Å². The molecule has 3 N–H and O–H groups in total. The molecule has 0 aromatic heterocycles. The van der Waals surface area contributed by atoms with Gasteiger partial charge in [0.2, 0.25) is 15.9 Å². The molecule has 1 saturated carbocycles. The van der Waals surface area contributed by atoms with E-state index in [1.54, 1.807) is 24.3 Å². The van der Waals surface area contributed by atoms with Crippen LogP contribution in [0.1, 0.15) is 44.1 Å². The van der Waals surface area contributed by atoms with E-state index >= 15 is 0 Å². The number of aryl methyl sites for hydroxylation is 1. The normalized spacial score (nSPS) is 25.7. The minimum Gasteiger partial charge on any atom is -0.394 e. The standard InChI is InChI=1S/C21H30N2O5S/c1-15-7-10-18(11-8-15)29(26,27)23-19-12-9-17(28-20(19)14-24)13-21(25)22-16-5-3-2-4-6-16/h7-12,16-17,19-20,23-24H,2-6,13-14H2,1H3,(H,22,25)/t17-,19-,20+/m0/s1. The van der Waals surface area contributed by atoms with Crippen LogP contribution in [0.5, 0.6) is 0 Å². The zero-order valence-electron chi connectivity index (χ0n) is 16.7. The van der Waals surface area contributed by atoms with Gasteiger partial charge in [-0.05, 0) is 31.9 Å². The van der Waals surface area contributed by atoms with Crippen molar-refractivity contribution in [2.45, 2.75) is 74.6 Å². The molecule has 0 radical (unpaired) electrons. The highest BCUT2D eigenvalue weighted by Gasteiger charge is 2.31. The summed E-state index contributed by atoms with van der Waals surface area (Å²) in [6, 6.07) is 6.06. The Kier molecular flexibility index (Phi) is 7.45. The highest BCUT2D eigenvalue weighted by molar-refractivity contribution is 7.89. The van der Waals surface area contributed by atoms with Crippen molar-refractivity contribution >= 4 is 15.9 Å². The summed E-state index contributed by atoms with van der Waals surface area (Å²) in [4.78, 5) is 12.5. The van der Waals surface area contributed by atoms with Gasteiger partial charge in [-0.25, -0.2) is 13.1 Å². The van der Waals surface area contributed by atoms with Crippen LogP contribution in [0.25, 0.3) is 0 Å². The van der Waals surface area contributed by atoms with Crippen LogP contribution in [-0.4, -0.2) is 50.3 Å². The van der Waals surface area contributed by atoms with Crippen molar-refractivity contribution in [3.63, 3.8) is 0 Å². The van der Waals surface area contributed by atoms with Gasteiger partial charge in [0.05, 0.1) is 30.1 Å². The Morgan fingerprint density at radius 2 is 1.83 bits per heavy atom. The Bertz CT molecular complexity index is 816. The van der Waals surface area contributed by atoms with Gasteiger partial charge < -0.3 is 15.2 Å². The monoisotopic (exact) mass is 422 g/mol. The molecular weight excluding hydrogens is 392 g/mol. The molecule has 1 fully saturated rings. The van der Waals surface area contributed by atoms with E-state index in [1.807, 2.05) is 6.92 Å². The lowest BCUT2D eigenvalue weighted by molar-refractivity contribution is -0.126. The molecule has 1 heterocycles. The number of amides is 1. The quantitative estimate of drug-likeness (QED) is 0.581. The maximum absolute atomic E-state index is 12.6. The first-order chi connectivity index (χ1) is 13.9. The molecule has 2 aliphatic rings. The van der Waals surface area contributed by atoms with E-state index in [0.29, 0.717) is 0 Å².